The van der Waals surface area contributed by atoms with Crippen molar-refractivity contribution < 1.29 is 14.3 Å². The Balaban J connectivity index is 2.73. The minimum atomic E-state index is -0.919. The number of nitriles is 1. The maximum absolute atomic E-state index is 11.8. The van der Waals surface area contributed by atoms with Crippen LogP contribution in [0.3, 0.4) is 0 Å². The number of benzene rings is 1. The van der Waals surface area contributed by atoms with Gasteiger partial charge in [0.05, 0.1) is 19.6 Å². The molecule has 1 amide bonds. The Morgan fingerprint density at radius 2 is 2.00 bits per heavy atom. The summed E-state index contributed by atoms with van der Waals surface area (Å²) in [6.45, 7) is 1.30. The van der Waals surface area contributed by atoms with Crippen molar-refractivity contribution in [2.75, 3.05) is 12.4 Å². The molecule has 0 aliphatic rings. The van der Waals surface area contributed by atoms with E-state index >= 15 is 0 Å². The Hall–Kier alpha value is -2.35. The van der Waals surface area contributed by atoms with E-state index in [4.69, 9.17) is 10.00 Å². The highest BCUT2D eigenvalue weighted by molar-refractivity contribution is 6.06. The number of hydrogen-bond donors (Lipinski definition) is 1. The monoisotopic (exact) mass is 246 g/mol. The van der Waals surface area contributed by atoms with Crippen molar-refractivity contribution in [3.8, 4) is 11.8 Å². The summed E-state index contributed by atoms with van der Waals surface area (Å²) < 4.78 is 4.99. The maximum Gasteiger partial charge on any atom is 0.235 e. The van der Waals surface area contributed by atoms with Gasteiger partial charge in [-0.05, 0) is 31.2 Å². The molecule has 0 aliphatic carbocycles. The van der Waals surface area contributed by atoms with Crippen LogP contribution in [0.1, 0.15) is 13.3 Å². The van der Waals surface area contributed by atoms with Crippen molar-refractivity contribution >= 4 is 17.4 Å². The molecule has 0 heterocycles. The lowest BCUT2D eigenvalue weighted by atomic mass is 10.0. The minimum absolute atomic E-state index is 0.114. The van der Waals surface area contributed by atoms with Crippen LogP contribution in [0.5, 0.6) is 5.75 Å². The molecule has 18 heavy (non-hydrogen) atoms. The average Bonchev–Trinajstić information content (AvgIpc) is 2.36. The van der Waals surface area contributed by atoms with Gasteiger partial charge in [-0.15, -0.1) is 0 Å². The molecule has 0 saturated carbocycles. The highest BCUT2D eigenvalue weighted by atomic mass is 16.5. The number of Topliss-reactive ketones (excluding diaryl/α,β-unsaturated/α-hetero) is 1. The van der Waals surface area contributed by atoms with Crippen LogP contribution < -0.4 is 10.1 Å². The van der Waals surface area contributed by atoms with Crippen molar-refractivity contribution in [1.29, 1.82) is 5.26 Å². The van der Waals surface area contributed by atoms with Crippen LogP contribution in [0.15, 0.2) is 24.3 Å². The third kappa shape index (κ3) is 3.59. The number of hydrogen-bond acceptors (Lipinski definition) is 4. The highest BCUT2D eigenvalue weighted by Gasteiger charge is 2.22. The number of amides is 1. The second-order valence-corrected chi connectivity index (χ2v) is 3.74. The van der Waals surface area contributed by atoms with Gasteiger partial charge in [-0.25, -0.2) is 0 Å². The van der Waals surface area contributed by atoms with Crippen LogP contribution in [0.25, 0.3) is 0 Å². The van der Waals surface area contributed by atoms with E-state index in [0.717, 1.165) is 0 Å². The zero-order valence-electron chi connectivity index (χ0n) is 10.3. The maximum atomic E-state index is 11.8. The molecule has 0 bridgehead atoms. The molecular formula is C13H14N2O3. The molecule has 1 atom stereocenters. The lowest BCUT2D eigenvalue weighted by Gasteiger charge is -2.11. The molecule has 0 radical (unpaired) electrons. The van der Waals surface area contributed by atoms with Gasteiger partial charge in [0.15, 0.2) is 0 Å². The summed E-state index contributed by atoms with van der Waals surface area (Å²) >= 11 is 0. The van der Waals surface area contributed by atoms with Crippen molar-refractivity contribution in [1.82, 2.24) is 0 Å². The standard InChI is InChI=1S/C13H14N2O3/c1-9(16)12(7-8-14)13(17)15-10-3-5-11(18-2)6-4-10/h3-6,12H,7H2,1-2H3,(H,15,17). The molecule has 1 N–H and O–H groups in total. The molecule has 1 aromatic carbocycles. The van der Waals surface area contributed by atoms with Crippen LogP contribution in [0.2, 0.25) is 0 Å². The molecule has 94 valence electrons. The second kappa shape index (κ2) is 6.40. The molecule has 0 saturated heterocycles. The number of rotatable bonds is 5. The van der Waals surface area contributed by atoms with Crippen LogP contribution in [0.4, 0.5) is 5.69 Å². The van der Waals surface area contributed by atoms with E-state index in [1.165, 1.54) is 6.92 Å². The van der Waals surface area contributed by atoms with Crippen molar-refractivity contribution in [2.24, 2.45) is 5.92 Å². The normalized spacial score (nSPS) is 11.2. The lowest BCUT2D eigenvalue weighted by molar-refractivity contribution is -0.129. The zero-order chi connectivity index (χ0) is 13.5. The van der Waals surface area contributed by atoms with Crippen LogP contribution in [-0.2, 0) is 9.59 Å². The SMILES string of the molecule is COc1ccc(NC(=O)C(CC#N)C(C)=O)cc1. The molecule has 5 heteroatoms. The van der Waals surface area contributed by atoms with E-state index in [1.54, 1.807) is 31.4 Å². The Labute approximate surface area is 105 Å². The number of ether oxygens (including phenoxy) is 1. The fourth-order valence-electron chi connectivity index (χ4n) is 1.42. The van der Waals surface area contributed by atoms with Crippen molar-refractivity contribution in [3.63, 3.8) is 0 Å². The van der Waals surface area contributed by atoms with E-state index in [0.29, 0.717) is 11.4 Å². The lowest BCUT2D eigenvalue weighted by Crippen LogP contribution is -2.27. The Kier molecular flexibility index (Phi) is 4.88. The smallest absolute Gasteiger partial charge is 0.235 e. The van der Waals surface area contributed by atoms with E-state index in [9.17, 15) is 9.59 Å². The van der Waals surface area contributed by atoms with Crippen LogP contribution in [0, 0.1) is 17.2 Å². The first-order chi connectivity index (χ1) is 8.58. The Morgan fingerprint density at radius 3 is 2.44 bits per heavy atom. The van der Waals surface area contributed by atoms with Gasteiger partial charge in [-0.3, -0.25) is 9.59 Å². The van der Waals surface area contributed by atoms with E-state index < -0.39 is 11.8 Å². The number of carbonyl (C=O) groups excluding carboxylic acids is 2. The number of nitrogens with one attached hydrogen (secondary N) is 1. The first-order valence-electron chi connectivity index (χ1n) is 5.40. The van der Waals surface area contributed by atoms with E-state index in [-0.39, 0.29) is 12.2 Å². The average molecular weight is 246 g/mol. The van der Waals surface area contributed by atoms with Crippen LogP contribution in [-0.4, -0.2) is 18.8 Å². The molecule has 0 aliphatic heterocycles. The third-order valence-electron chi connectivity index (χ3n) is 2.46. The minimum Gasteiger partial charge on any atom is -0.497 e. The number of methoxy groups -OCH3 is 1. The first kappa shape index (κ1) is 13.7. The molecule has 0 fully saturated rings. The molecular weight excluding hydrogens is 232 g/mol. The van der Waals surface area contributed by atoms with Gasteiger partial charge < -0.3 is 10.1 Å². The fraction of sp³-hybridized carbons (Fsp3) is 0.308. The first-order valence-corrected chi connectivity index (χ1v) is 5.40. The van der Waals surface area contributed by atoms with E-state index in [1.807, 2.05) is 6.07 Å². The molecule has 1 rings (SSSR count). The van der Waals surface area contributed by atoms with Gasteiger partial charge >= 0.3 is 0 Å². The summed E-state index contributed by atoms with van der Waals surface area (Å²) in [6, 6.07) is 8.56. The molecule has 0 aromatic heterocycles. The summed E-state index contributed by atoms with van der Waals surface area (Å²) in [4.78, 5) is 23.0. The Bertz CT molecular complexity index is 474. The van der Waals surface area contributed by atoms with Gasteiger partial charge in [-0.2, -0.15) is 5.26 Å². The molecule has 0 spiro atoms. The summed E-state index contributed by atoms with van der Waals surface area (Å²) in [6.07, 6.45) is -0.114. The predicted molar refractivity (Wildman–Crippen MR) is 66.0 cm³/mol. The third-order valence-corrected chi connectivity index (χ3v) is 2.46. The van der Waals surface area contributed by atoms with Crippen molar-refractivity contribution in [3.05, 3.63) is 24.3 Å². The zero-order valence-corrected chi connectivity index (χ0v) is 10.3. The largest absolute Gasteiger partial charge is 0.497 e. The van der Waals surface area contributed by atoms with Crippen LogP contribution >= 0.6 is 0 Å². The quantitative estimate of drug-likeness (QED) is 0.803. The van der Waals surface area contributed by atoms with Gasteiger partial charge in [0, 0.05) is 5.69 Å². The fourth-order valence-corrected chi connectivity index (χ4v) is 1.42. The van der Waals surface area contributed by atoms with E-state index in [2.05, 4.69) is 5.32 Å². The number of anilines is 1. The summed E-state index contributed by atoms with van der Waals surface area (Å²) in [5.74, 6) is -1.03. The predicted octanol–water partition coefficient (Wildman–Crippen LogP) is 1.75. The highest BCUT2D eigenvalue weighted by Crippen LogP contribution is 2.16. The number of carbonyl (C=O) groups is 2. The molecule has 5 nitrogen and oxygen atoms in total. The van der Waals surface area contributed by atoms with Gasteiger partial charge in [0.2, 0.25) is 5.91 Å². The Morgan fingerprint density at radius 1 is 1.39 bits per heavy atom. The van der Waals surface area contributed by atoms with Gasteiger partial charge in [0.25, 0.3) is 0 Å². The van der Waals surface area contributed by atoms with Crippen molar-refractivity contribution in [2.45, 2.75) is 13.3 Å². The number of ketones is 1. The topological polar surface area (TPSA) is 79.2 Å². The summed E-state index contributed by atoms with van der Waals surface area (Å²) in [5, 5.41) is 11.2. The van der Waals surface area contributed by atoms with Gasteiger partial charge in [0.1, 0.15) is 17.5 Å². The number of nitrogens with zero attached hydrogens (tertiary/aromatic N) is 1. The summed E-state index contributed by atoms with van der Waals surface area (Å²) in [5.41, 5.74) is 0.560. The molecule has 1 unspecified atom stereocenters. The van der Waals surface area contributed by atoms with Gasteiger partial charge in [-0.1, -0.05) is 0 Å². The second-order valence-electron chi connectivity index (χ2n) is 3.74. The molecule has 1 aromatic rings. The summed E-state index contributed by atoms with van der Waals surface area (Å²) in [7, 11) is 1.55.